The summed E-state index contributed by atoms with van der Waals surface area (Å²) in [7, 11) is 1.42. The van der Waals surface area contributed by atoms with Gasteiger partial charge in [0.05, 0.1) is 13.5 Å². The lowest BCUT2D eigenvalue weighted by Crippen LogP contribution is -2.24. The van der Waals surface area contributed by atoms with Crippen LogP contribution in [-0.2, 0) is 22.5 Å². The summed E-state index contributed by atoms with van der Waals surface area (Å²) >= 11 is 0. The Morgan fingerprint density at radius 2 is 1.80 bits per heavy atom. The molecule has 0 aliphatic heterocycles. The van der Waals surface area contributed by atoms with Crippen LogP contribution in [0.5, 0.6) is 0 Å². The quantitative estimate of drug-likeness (QED) is 0.811. The van der Waals surface area contributed by atoms with Gasteiger partial charge >= 0.3 is 5.97 Å². The second-order valence-corrected chi connectivity index (χ2v) is 5.70. The molecule has 1 N–H and O–H groups in total. The van der Waals surface area contributed by atoms with E-state index in [4.69, 9.17) is 0 Å². The Bertz CT molecular complexity index is 408. The van der Waals surface area contributed by atoms with Crippen molar-refractivity contribution in [1.82, 2.24) is 5.32 Å². The Balaban J connectivity index is 1.71. The van der Waals surface area contributed by atoms with Crippen molar-refractivity contribution in [1.29, 1.82) is 0 Å². The van der Waals surface area contributed by atoms with E-state index in [1.807, 2.05) is 12.1 Å². The highest BCUT2D eigenvalue weighted by Crippen LogP contribution is 2.22. The van der Waals surface area contributed by atoms with Crippen LogP contribution in [-0.4, -0.2) is 19.6 Å². The van der Waals surface area contributed by atoms with Gasteiger partial charge in [0.2, 0.25) is 0 Å². The molecule has 0 amide bonds. The Labute approximate surface area is 121 Å². The van der Waals surface area contributed by atoms with Gasteiger partial charge in [-0.3, -0.25) is 4.79 Å². The number of carbonyl (C=O) groups is 1. The van der Waals surface area contributed by atoms with Crippen molar-refractivity contribution in [3.8, 4) is 0 Å². The average molecular weight is 275 g/mol. The first kappa shape index (κ1) is 15.0. The van der Waals surface area contributed by atoms with Gasteiger partial charge in [0.15, 0.2) is 0 Å². The molecule has 110 valence electrons. The van der Waals surface area contributed by atoms with E-state index in [-0.39, 0.29) is 5.97 Å². The number of hydrogen-bond acceptors (Lipinski definition) is 3. The zero-order valence-corrected chi connectivity index (χ0v) is 12.4. The molecule has 1 aromatic carbocycles. The predicted octanol–water partition coefficient (Wildman–Crippen LogP) is 3.07. The normalized spacial score (nSPS) is 16.1. The van der Waals surface area contributed by atoms with E-state index in [1.54, 1.807) is 0 Å². The summed E-state index contributed by atoms with van der Waals surface area (Å²) in [5.41, 5.74) is 2.28. The summed E-state index contributed by atoms with van der Waals surface area (Å²) in [6, 6.07) is 8.20. The van der Waals surface area contributed by atoms with Gasteiger partial charge in [-0.25, -0.2) is 0 Å². The molecule has 3 heteroatoms. The van der Waals surface area contributed by atoms with Crippen molar-refractivity contribution < 1.29 is 9.53 Å². The topological polar surface area (TPSA) is 38.3 Å². The molecule has 0 saturated heterocycles. The largest absolute Gasteiger partial charge is 0.469 e. The Kier molecular flexibility index (Phi) is 6.06. The third-order valence-electron chi connectivity index (χ3n) is 4.09. The van der Waals surface area contributed by atoms with Gasteiger partial charge in [-0.1, -0.05) is 43.5 Å². The number of methoxy groups -OCH3 is 1. The summed E-state index contributed by atoms with van der Waals surface area (Å²) < 4.78 is 4.67. The molecule has 1 saturated carbocycles. The zero-order chi connectivity index (χ0) is 14.2. The number of benzene rings is 1. The molecule has 20 heavy (non-hydrogen) atoms. The molecule has 3 nitrogen and oxygen atoms in total. The Morgan fingerprint density at radius 3 is 2.45 bits per heavy atom. The van der Waals surface area contributed by atoms with Crippen molar-refractivity contribution in [3.63, 3.8) is 0 Å². The minimum atomic E-state index is -0.187. The second-order valence-electron chi connectivity index (χ2n) is 5.70. The number of ether oxygens (including phenoxy) is 1. The summed E-state index contributed by atoms with van der Waals surface area (Å²) in [6.07, 6.45) is 7.32. The lowest BCUT2D eigenvalue weighted by atomic mass is 9.89. The SMILES string of the molecule is COC(=O)Cc1ccc(CNCC2CCCCC2)cc1. The molecule has 1 aliphatic carbocycles. The van der Waals surface area contributed by atoms with E-state index in [1.165, 1.54) is 44.8 Å². The Hall–Kier alpha value is -1.35. The fourth-order valence-corrected chi connectivity index (χ4v) is 2.83. The maximum atomic E-state index is 11.2. The molecule has 1 aromatic rings. The predicted molar refractivity (Wildman–Crippen MR) is 80.4 cm³/mol. The minimum Gasteiger partial charge on any atom is -0.469 e. The lowest BCUT2D eigenvalue weighted by molar-refractivity contribution is -0.139. The molecular weight excluding hydrogens is 250 g/mol. The average Bonchev–Trinajstić information content (AvgIpc) is 2.50. The molecule has 0 atom stereocenters. The van der Waals surface area contributed by atoms with Crippen molar-refractivity contribution in [2.75, 3.05) is 13.7 Å². The number of nitrogens with one attached hydrogen (secondary N) is 1. The summed E-state index contributed by atoms with van der Waals surface area (Å²) in [4.78, 5) is 11.2. The van der Waals surface area contributed by atoms with Crippen LogP contribution in [0.15, 0.2) is 24.3 Å². The van der Waals surface area contributed by atoms with Gasteiger partial charge in [-0.05, 0) is 36.4 Å². The van der Waals surface area contributed by atoms with Gasteiger partial charge < -0.3 is 10.1 Å². The molecule has 0 bridgehead atoms. The van der Waals surface area contributed by atoms with E-state index in [0.29, 0.717) is 6.42 Å². The zero-order valence-electron chi connectivity index (χ0n) is 12.4. The first-order chi connectivity index (χ1) is 9.78. The highest BCUT2D eigenvalue weighted by Gasteiger charge is 2.12. The van der Waals surface area contributed by atoms with E-state index in [0.717, 1.165) is 24.6 Å². The van der Waals surface area contributed by atoms with Crippen molar-refractivity contribution in [2.45, 2.75) is 45.1 Å². The van der Waals surface area contributed by atoms with Gasteiger partial charge in [0.25, 0.3) is 0 Å². The third kappa shape index (κ3) is 4.97. The smallest absolute Gasteiger partial charge is 0.309 e. The molecular formula is C17H25NO2. The number of rotatable bonds is 6. The summed E-state index contributed by atoms with van der Waals surface area (Å²) in [6.45, 7) is 2.04. The van der Waals surface area contributed by atoms with Crippen LogP contribution in [0, 0.1) is 5.92 Å². The van der Waals surface area contributed by atoms with Crippen LogP contribution >= 0.6 is 0 Å². The highest BCUT2D eigenvalue weighted by molar-refractivity contribution is 5.72. The van der Waals surface area contributed by atoms with Crippen LogP contribution < -0.4 is 5.32 Å². The van der Waals surface area contributed by atoms with Crippen LogP contribution in [0.4, 0.5) is 0 Å². The van der Waals surface area contributed by atoms with E-state index >= 15 is 0 Å². The molecule has 1 aliphatic rings. The van der Waals surface area contributed by atoms with Crippen molar-refractivity contribution in [2.24, 2.45) is 5.92 Å². The minimum absolute atomic E-state index is 0.187. The van der Waals surface area contributed by atoms with Gasteiger partial charge in [0.1, 0.15) is 0 Å². The number of carbonyl (C=O) groups excluding carboxylic acids is 1. The van der Waals surface area contributed by atoms with E-state index < -0.39 is 0 Å². The Morgan fingerprint density at radius 1 is 1.15 bits per heavy atom. The van der Waals surface area contributed by atoms with Crippen molar-refractivity contribution in [3.05, 3.63) is 35.4 Å². The molecule has 1 fully saturated rings. The molecule has 0 aromatic heterocycles. The van der Waals surface area contributed by atoms with Gasteiger partial charge in [-0.15, -0.1) is 0 Å². The molecule has 0 unspecified atom stereocenters. The molecule has 0 heterocycles. The first-order valence-corrected chi connectivity index (χ1v) is 7.63. The maximum absolute atomic E-state index is 11.2. The van der Waals surface area contributed by atoms with Crippen LogP contribution in [0.1, 0.15) is 43.2 Å². The van der Waals surface area contributed by atoms with Gasteiger partial charge in [-0.2, -0.15) is 0 Å². The summed E-state index contributed by atoms with van der Waals surface area (Å²) in [5.74, 6) is 0.676. The van der Waals surface area contributed by atoms with E-state index in [2.05, 4.69) is 22.2 Å². The second kappa shape index (κ2) is 8.05. The van der Waals surface area contributed by atoms with Crippen LogP contribution in [0.3, 0.4) is 0 Å². The maximum Gasteiger partial charge on any atom is 0.309 e. The van der Waals surface area contributed by atoms with Gasteiger partial charge in [0, 0.05) is 6.54 Å². The molecule has 0 spiro atoms. The monoisotopic (exact) mass is 275 g/mol. The lowest BCUT2D eigenvalue weighted by Gasteiger charge is -2.21. The first-order valence-electron chi connectivity index (χ1n) is 7.63. The fourth-order valence-electron chi connectivity index (χ4n) is 2.83. The standard InChI is InChI=1S/C17H25NO2/c1-20-17(19)11-14-7-9-16(10-8-14)13-18-12-15-5-3-2-4-6-15/h7-10,15,18H,2-6,11-13H2,1H3. The number of hydrogen-bond donors (Lipinski definition) is 1. The van der Waals surface area contributed by atoms with Crippen LogP contribution in [0.2, 0.25) is 0 Å². The van der Waals surface area contributed by atoms with Crippen molar-refractivity contribution >= 4 is 5.97 Å². The highest BCUT2D eigenvalue weighted by atomic mass is 16.5. The van der Waals surface area contributed by atoms with E-state index in [9.17, 15) is 4.79 Å². The molecule has 0 radical (unpaired) electrons. The fraction of sp³-hybridized carbons (Fsp3) is 0.588. The van der Waals surface area contributed by atoms with Crippen LogP contribution in [0.25, 0.3) is 0 Å². The summed E-state index contributed by atoms with van der Waals surface area (Å²) in [5, 5.41) is 3.55. The molecule has 2 rings (SSSR count). The number of esters is 1. The third-order valence-corrected chi connectivity index (χ3v) is 4.09.